The number of halogens is 1. The molecule has 0 atom stereocenters. The van der Waals surface area contributed by atoms with Gasteiger partial charge in [-0.2, -0.15) is 4.98 Å². The Morgan fingerprint density at radius 1 is 1.20 bits per heavy atom. The van der Waals surface area contributed by atoms with Gasteiger partial charge in [0.25, 0.3) is 11.8 Å². The first kappa shape index (κ1) is 16.7. The van der Waals surface area contributed by atoms with Gasteiger partial charge in [0.15, 0.2) is 12.4 Å². The van der Waals surface area contributed by atoms with Gasteiger partial charge in [-0.05, 0) is 36.4 Å². The predicted octanol–water partition coefficient (Wildman–Crippen LogP) is 2.46. The summed E-state index contributed by atoms with van der Waals surface area (Å²) >= 11 is 5.81. The SMILES string of the molecule is O=C(CNC(=O)c1ccco1)OCc1noc(-c2ccc(Cl)cc2)n1. The molecule has 0 aliphatic carbocycles. The van der Waals surface area contributed by atoms with Crippen LogP contribution in [0.5, 0.6) is 0 Å². The minimum atomic E-state index is -0.641. The molecule has 0 aliphatic heterocycles. The van der Waals surface area contributed by atoms with Crippen LogP contribution < -0.4 is 5.32 Å². The molecular formula is C16H12ClN3O5. The summed E-state index contributed by atoms with van der Waals surface area (Å²) in [6, 6.07) is 9.91. The molecule has 9 heteroatoms. The first-order valence-electron chi connectivity index (χ1n) is 7.17. The Morgan fingerprint density at radius 3 is 2.72 bits per heavy atom. The fraction of sp³-hybridized carbons (Fsp3) is 0.125. The number of furan rings is 1. The number of nitrogens with one attached hydrogen (secondary N) is 1. The number of ether oxygens (including phenoxy) is 1. The molecule has 0 bridgehead atoms. The van der Waals surface area contributed by atoms with Crippen LogP contribution in [0.2, 0.25) is 5.02 Å². The first-order valence-corrected chi connectivity index (χ1v) is 7.55. The van der Waals surface area contributed by atoms with Gasteiger partial charge in [0, 0.05) is 10.6 Å². The molecule has 2 heterocycles. The lowest BCUT2D eigenvalue weighted by Crippen LogP contribution is -2.30. The van der Waals surface area contributed by atoms with Gasteiger partial charge in [0.05, 0.1) is 6.26 Å². The largest absolute Gasteiger partial charge is 0.459 e. The Kier molecular flexibility index (Phi) is 5.10. The molecular weight excluding hydrogens is 350 g/mol. The van der Waals surface area contributed by atoms with Crippen molar-refractivity contribution in [2.75, 3.05) is 6.54 Å². The van der Waals surface area contributed by atoms with E-state index in [9.17, 15) is 9.59 Å². The zero-order valence-corrected chi connectivity index (χ0v) is 13.5. The van der Waals surface area contributed by atoms with Crippen molar-refractivity contribution in [3.63, 3.8) is 0 Å². The average Bonchev–Trinajstić information content (AvgIpc) is 3.30. The van der Waals surface area contributed by atoms with Crippen molar-refractivity contribution in [1.29, 1.82) is 0 Å². The molecule has 0 radical (unpaired) electrons. The minimum absolute atomic E-state index is 0.110. The van der Waals surface area contributed by atoms with Gasteiger partial charge in [0.1, 0.15) is 6.54 Å². The van der Waals surface area contributed by atoms with Gasteiger partial charge >= 0.3 is 5.97 Å². The van der Waals surface area contributed by atoms with Gasteiger partial charge < -0.3 is 19.0 Å². The number of carbonyl (C=O) groups is 2. The van der Waals surface area contributed by atoms with Crippen molar-refractivity contribution in [2.45, 2.75) is 6.61 Å². The number of benzene rings is 1. The molecule has 0 saturated carbocycles. The van der Waals surface area contributed by atoms with Gasteiger partial charge in [0.2, 0.25) is 5.82 Å². The first-order chi connectivity index (χ1) is 12.1. The van der Waals surface area contributed by atoms with Crippen molar-refractivity contribution < 1.29 is 23.3 Å². The minimum Gasteiger partial charge on any atom is -0.459 e. The van der Waals surface area contributed by atoms with Gasteiger partial charge in [-0.3, -0.25) is 9.59 Å². The van der Waals surface area contributed by atoms with Crippen LogP contribution in [0.25, 0.3) is 11.5 Å². The van der Waals surface area contributed by atoms with E-state index in [1.807, 2.05) is 0 Å². The number of carbonyl (C=O) groups excluding carboxylic acids is 2. The lowest BCUT2D eigenvalue weighted by Gasteiger charge is -2.03. The second-order valence-corrected chi connectivity index (χ2v) is 5.28. The average molecular weight is 362 g/mol. The topological polar surface area (TPSA) is 107 Å². The molecule has 25 heavy (non-hydrogen) atoms. The third-order valence-electron chi connectivity index (χ3n) is 3.06. The quantitative estimate of drug-likeness (QED) is 0.672. The molecule has 0 aliphatic rings. The van der Waals surface area contributed by atoms with Crippen molar-refractivity contribution in [3.05, 3.63) is 59.3 Å². The van der Waals surface area contributed by atoms with E-state index in [0.29, 0.717) is 10.6 Å². The molecule has 3 rings (SSSR count). The molecule has 1 N–H and O–H groups in total. The van der Waals surface area contributed by atoms with E-state index in [0.717, 1.165) is 0 Å². The van der Waals surface area contributed by atoms with Crippen molar-refractivity contribution >= 4 is 23.5 Å². The molecule has 3 aromatic rings. The van der Waals surface area contributed by atoms with Crippen LogP contribution in [0, 0.1) is 0 Å². The van der Waals surface area contributed by atoms with Gasteiger partial charge in [-0.1, -0.05) is 16.8 Å². The number of nitrogens with zero attached hydrogens (tertiary/aromatic N) is 2. The smallest absolute Gasteiger partial charge is 0.325 e. The molecule has 128 valence electrons. The summed E-state index contributed by atoms with van der Waals surface area (Å²) < 4.78 is 15.0. The van der Waals surface area contributed by atoms with Crippen LogP contribution in [-0.4, -0.2) is 28.6 Å². The maximum atomic E-state index is 11.6. The monoisotopic (exact) mass is 361 g/mol. The fourth-order valence-electron chi connectivity index (χ4n) is 1.87. The van der Waals surface area contributed by atoms with E-state index in [1.54, 1.807) is 30.3 Å². The van der Waals surface area contributed by atoms with Crippen LogP contribution in [0.3, 0.4) is 0 Å². The third-order valence-corrected chi connectivity index (χ3v) is 3.31. The summed E-state index contributed by atoms with van der Waals surface area (Å²) in [6.07, 6.45) is 1.36. The fourth-order valence-corrected chi connectivity index (χ4v) is 1.99. The van der Waals surface area contributed by atoms with Crippen molar-refractivity contribution in [2.24, 2.45) is 0 Å². The molecule has 1 amide bonds. The highest BCUT2D eigenvalue weighted by molar-refractivity contribution is 6.30. The van der Waals surface area contributed by atoms with Crippen LogP contribution in [0.15, 0.2) is 51.6 Å². The van der Waals surface area contributed by atoms with Crippen LogP contribution in [-0.2, 0) is 16.1 Å². The Labute approximate surface area is 146 Å². The van der Waals surface area contributed by atoms with Crippen LogP contribution >= 0.6 is 11.6 Å². The van der Waals surface area contributed by atoms with Gasteiger partial charge in [-0.25, -0.2) is 0 Å². The number of rotatable bonds is 6. The molecule has 0 unspecified atom stereocenters. The number of amides is 1. The number of aromatic nitrogens is 2. The van der Waals surface area contributed by atoms with Crippen molar-refractivity contribution in [3.8, 4) is 11.5 Å². The molecule has 0 spiro atoms. The highest BCUT2D eigenvalue weighted by atomic mass is 35.5. The van der Waals surface area contributed by atoms with E-state index in [2.05, 4.69) is 15.5 Å². The Hall–Kier alpha value is -3.13. The van der Waals surface area contributed by atoms with Gasteiger partial charge in [-0.15, -0.1) is 0 Å². The number of esters is 1. The molecule has 8 nitrogen and oxygen atoms in total. The molecule has 0 saturated heterocycles. The normalized spacial score (nSPS) is 10.4. The summed E-state index contributed by atoms with van der Waals surface area (Å²) in [7, 11) is 0. The maximum absolute atomic E-state index is 11.6. The van der Waals surface area contributed by atoms with E-state index < -0.39 is 11.9 Å². The molecule has 1 aromatic carbocycles. The summed E-state index contributed by atoms with van der Waals surface area (Å²) in [5.41, 5.74) is 0.695. The summed E-state index contributed by atoms with van der Waals surface area (Å²) in [5, 5.41) is 6.69. The van der Waals surface area contributed by atoms with Crippen LogP contribution in [0.4, 0.5) is 0 Å². The second kappa shape index (κ2) is 7.63. The Bertz CT molecular complexity index is 858. The Balaban J connectivity index is 1.48. The summed E-state index contributed by atoms with van der Waals surface area (Å²) in [6.45, 7) is -0.478. The maximum Gasteiger partial charge on any atom is 0.325 e. The second-order valence-electron chi connectivity index (χ2n) is 4.84. The predicted molar refractivity (Wildman–Crippen MR) is 85.6 cm³/mol. The highest BCUT2D eigenvalue weighted by Crippen LogP contribution is 2.19. The number of hydrogen-bond donors (Lipinski definition) is 1. The lowest BCUT2D eigenvalue weighted by molar-refractivity contribution is -0.143. The molecule has 0 fully saturated rings. The van der Waals surface area contributed by atoms with E-state index in [4.69, 9.17) is 25.3 Å². The van der Waals surface area contributed by atoms with E-state index in [-0.39, 0.29) is 30.6 Å². The third kappa shape index (κ3) is 4.45. The van der Waals surface area contributed by atoms with Crippen molar-refractivity contribution in [1.82, 2.24) is 15.5 Å². The summed E-state index contributed by atoms with van der Waals surface area (Å²) in [5.74, 6) is -0.549. The van der Waals surface area contributed by atoms with E-state index in [1.165, 1.54) is 12.3 Å². The standard InChI is InChI=1S/C16H12ClN3O5/c17-11-5-3-10(4-6-11)16-19-13(20-25-16)9-24-14(21)8-18-15(22)12-2-1-7-23-12/h1-7H,8-9H2,(H,18,22). The Morgan fingerprint density at radius 2 is 2.00 bits per heavy atom. The zero-order chi connectivity index (χ0) is 17.6. The lowest BCUT2D eigenvalue weighted by atomic mass is 10.2. The molecule has 2 aromatic heterocycles. The van der Waals surface area contributed by atoms with E-state index >= 15 is 0 Å². The summed E-state index contributed by atoms with van der Waals surface area (Å²) in [4.78, 5) is 27.4. The highest BCUT2D eigenvalue weighted by Gasteiger charge is 2.13. The van der Waals surface area contributed by atoms with Crippen LogP contribution in [0.1, 0.15) is 16.4 Å². The number of hydrogen-bond acceptors (Lipinski definition) is 7. The zero-order valence-electron chi connectivity index (χ0n) is 12.8.